The summed E-state index contributed by atoms with van der Waals surface area (Å²) in [7, 11) is 0. The summed E-state index contributed by atoms with van der Waals surface area (Å²) in [5.41, 5.74) is 5.75. The van der Waals surface area contributed by atoms with E-state index < -0.39 is 0 Å². The third-order valence-electron chi connectivity index (χ3n) is 3.57. The predicted octanol–water partition coefficient (Wildman–Crippen LogP) is -0.153. The number of imidazole rings is 1. The number of hydrogen-bond acceptors (Lipinski definition) is 7. The van der Waals surface area contributed by atoms with E-state index in [1.165, 1.54) is 0 Å². The molecule has 0 spiro atoms. The molecular formula is C12H17N7O. The van der Waals surface area contributed by atoms with Crippen LogP contribution in [0.4, 0.5) is 11.9 Å². The number of anilines is 2. The Morgan fingerprint density at radius 1 is 1.30 bits per heavy atom. The summed E-state index contributed by atoms with van der Waals surface area (Å²) in [4.78, 5) is 18.5. The fourth-order valence-electron chi connectivity index (χ4n) is 2.23. The summed E-state index contributed by atoms with van der Waals surface area (Å²) in [6.45, 7) is 3.35. The topological polar surface area (TPSA) is 106 Å². The molecule has 1 aliphatic heterocycles. The Bertz CT molecular complexity index is 585. The molecule has 0 aromatic carbocycles. The van der Waals surface area contributed by atoms with Crippen LogP contribution in [-0.4, -0.2) is 48.8 Å². The second kappa shape index (κ2) is 5.04. The Morgan fingerprint density at radius 3 is 2.80 bits per heavy atom. The summed E-state index contributed by atoms with van der Waals surface area (Å²) in [6.07, 6.45) is 5.51. The van der Waals surface area contributed by atoms with Gasteiger partial charge < -0.3 is 15.7 Å². The molecule has 0 aliphatic carbocycles. The van der Waals surface area contributed by atoms with Crippen molar-refractivity contribution in [1.29, 1.82) is 0 Å². The molecule has 3 N–H and O–H groups in total. The number of β-amino-alcohol motifs (C(OH)–C–C–N with tert-alkyl or cyclic N) is 1. The molecule has 0 amide bonds. The van der Waals surface area contributed by atoms with E-state index in [9.17, 15) is 5.11 Å². The summed E-state index contributed by atoms with van der Waals surface area (Å²) >= 11 is 0. The zero-order valence-electron chi connectivity index (χ0n) is 11.2. The van der Waals surface area contributed by atoms with Gasteiger partial charge in [-0.3, -0.25) is 4.57 Å². The maximum atomic E-state index is 9.97. The standard InChI is InChI=1S/C12H17N7O/c1-8-2-4-18(6-9(8)20)11-15-10(13)16-12(17-11)19-5-3-14-7-19/h3,5,7-9,20H,2,4,6H2,1H3,(H2,13,15,16,17). The number of aromatic nitrogens is 5. The minimum absolute atomic E-state index is 0.159. The molecule has 106 valence electrons. The zero-order valence-corrected chi connectivity index (χ0v) is 11.2. The van der Waals surface area contributed by atoms with E-state index in [4.69, 9.17) is 5.73 Å². The minimum atomic E-state index is -0.376. The van der Waals surface area contributed by atoms with Crippen LogP contribution in [0, 0.1) is 5.92 Å². The molecule has 3 rings (SSSR count). The average Bonchev–Trinajstić information content (AvgIpc) is 2.95. The molecule has 8 nitrogen and oxygen atoms in total. The van der Waals surface area contributed by atoms with Gasteiger partial charge in [-0.05, 0) is 12.3 Å². The minimum Gasteiger partial charge on any atom is -0.391 e. The van der Waals surface area contributed by atoms with E-state index in [2.05, 4.69) is 19.9 Å². The van der Waals surface area contributed by atoms with Crippen LogP contribution in [0.25, 0.3) is 5.95 Å². The van der Waals surface area contributed by atoms with Gasteiger partial charge in [0.1, 0.15) is 6.33 Å². The maximum absolute atomic E-state index is 9.97. The Hall–Kier alpha value is -2.22. The van der Waals surface area contributed by atoms with Crippen LogP contribution < -0.4 is 10.6 Å². The molecule has 0 saturated carbocycles. The molecule has 2 aromatic rings. The van der Waals surface area contributed by atoms with Gasteiger partial charge in [-0.15, -0.1) is 0 Å². The van der Waals surface area contributed by atoms with Gasteiger partial charge >= 0.3 is 0 Å². The molecule has 2 aromatic heterocycles. The van der Waals surface area contributed by atoms with Crippen molar-refractivity contribution in [2.75, 3.05) is 23.7 Å². The first kappa shape index (κ1) is 12.8. The van der Waals surface area contributed by atoms with E-state index in [-0.39, 0.29) is 12.1 Å². The Morgan fingerprint density at radius 2 is 2.10 bits per heavy atom. The lowest BCUT2D eigenvalue weighted by atomic mass is 9.96. The van der Waals surface area contributed by atoms with E-state index in [0.29, 0.717) is 24.4 Å². The number of nitrogens with zero attached hydrogens (tertiary/aromatic N) is 6. The van der Waals surface area contributed by atoms with Crippen LogP contribution in [0.1, 0.15) is 13.3 Å². The lowest BCUT2D eigenvalue weighted by molar-refractivity contribution is 0.102. The van der Waals surface area contributed by atoms with Crippen LogP contribution in [0.2, 0.25) is 0 Å². The fraction of sp³-hybridized carbons (Fsp3) is 0.500. The number of aliphatic hydroxyl groups is 1. The Kier molecular flexibility index (Phi) is 3.23. The van der Waals surface area contributed by atoms with Gasteiger partial charge in [0.2, 0.25) is 17.8 Å². The first-order valence-electron chi connectivity index (χ1n) is 6.56. The average molecular weight is 275 g/mol. The number of rotatable bonds is 2. The van der Waals surface area contributed by atoms with Gasteiger partial charge in [0, 0.05) is 25.5 Å². The molecule has 1 fully saturated rings. The van der Waals surface area contributed by atoms with Crippen molar-refractivity contribution in [3.8, 4) is 5.95 Å². The normalized spacial score (nSPS) is 23.0. The predicted molar refractivity (Wildman–Crippen MR) is 73.4 cm³/mol. The number of piperidine rings is 1. The Balaban J connectivity index is 1.90. The van der Waals surface area contributed by atoms with Gasteiger partial charge in [0.05, 0.1) is 6.10 Å². The molecule has 3 heterocycles. The van der Waals surface area contributed by atoms with Gasteiger partial charge in [-0.1, -0.05) is 6.92 Å². The SMILES string of the molecule is CC1CCN(c2nc(N)nc(-n3ccnc3)n2)CC1O. The second-order valence-corrected chi connectivity index (χ2v) is 5.04. The smallest absolute Gasteiger partial charge is 0.241 e. The van der Waals surface area contributed by atoms with Crippen LogP contribution in [0.3, 0.4) is 0 Å². The molecule has 8 heteroatoms. The largest absolute Gasteiger partial charge is 0.391 e. The number of nitrogen functional groups attached to an aromatic ring is 1. The van der Waals surface area contributed by atoms with Crippen molar-refractivity contribution in [2.24, 2.45) is 5.92 Å². The highest BCUT2D eigenvalue weighted by molar-refractivity contribution is 5.38. The molecular weight excluding hydrogens is 258 g/mol. The molecule has 1 saturated heterocycles. The molecule has 2 unspecified atom stereocenters. The third-order valence-corrected chi connectivity index (χ3v) is 3.57. The monoisotopic (exact) mass is 275 g/mol. The first-order chi connectivity index (χ1) is 9.63. The number of hydrogen-bond donors (Lipinski definition) is 2. The highest BCUT2D eigenvalue weighted by Crippen LogP contribution is 2.21. The van der Waals surface area contributed by atoms with Gasteiger partial charge in [-0.25, -0.2) is 4.98 Å². The quantitative estimate of drug-likeness (QED) is 0.784. The molecule has 2 atom stereocenters. The van der Waals surface area contributed by atoms with Gasteiger partial charge in [0.25, 0.3) is 0 Å². The Labute approximate surface area is 116 Å². The van der Waals surface area contributed by atoms with Crippen molar-refractivity contribution in [3.05, 3.63) is 18.7 Å². The maximum Gasteiger partial charge on any atom is 0.241 e. The molecule has 20 heavy (non-hydrogen) atoms. The summed E-state index contributed by atoms with van der Waals surface area (Å²) in [5, 5.41) is 9.97. The number of nitrogens with two attached hydrogens (primary N) is 1. The van der Waals surface area contributed by atoms with Crippen LogP contribution >= 0.6 is 0 Å². The summed E-state index contributed by atoms with van der Waals surface area (Å²) < 4.78 is 1.67. The summed E-state index contributed by atoms with van der Waals surface area (Å²) in [5.74, 6) is 1.37. The summed E-state index contributed by atoms with van der Waals surface area (Å²) in [6, 6.07) is 0. The van der Waals surface area contributed by atoms with E-state index in [1.807, 2.05) is 11.8 Å². The second-order valence-electron chi connectivity index (χ2n) is 5.04. The van der Waals surface area contributed by atoms with Gasteiger partial charge in [-0.2, -0.15) is 15.0 Å². The lowest BCUT2D eigenvalue weighted by Gasteiger charge is -2.34. The van der Waals surface area contributed by atoms with Crippen molar-refractivity contribution in [2.45, 2.75) is 19.4 Å². The van der Waals surface area contributed by atoms with Crippen molar-refractivity contribution in [3.63, 3.8) is 0 Å². The zero-order chi connectivity index (χ0) is 14.1. The van der Waals surface area contributed by atoms with Crippen LogP contribution in [0.15, 0.2) is 18.7 Å². The van der Waals surface area contributed by atoms with Gasteiger partial charge in [0.15, 0.2) is 0 Å². The van der Waals surface area contributed by atoms with Crippen LogP contribution in [-0.2, 0) is 0 Å². The van der Waals surface area contributed by atoms with Crippen molar-refractivity contribution < 1.29 is 5.11 Å². The molecule has 0 radical (unpaired) electrons. The highest BCUT2D eigenvalue weighted by atomic mass is 16.3. The fourth-order valence-corrected chi connectivity index (χ4v) is 2.23. The van der Waals surface area contributed by atoms with Crippen molar-refractivity contribution in [1.82, 2.24) is 24.5 Å². The number of aliphatic hydroxyl groups excluding tert-OH is 1. The highest BCUT2D eigenvalue weighted by Gasteiger charge is 2.26. The van der Waals surface area contributed by atoms with E-state index in [0.717, 1.165) is 13.0 Å². The van der Waals surface area contributed by atoms with E-state index >= 15 is 0 Å². The first-order valence-corrected chi connectivity index (χ1v) is 6.56. The molecule has 0 bridgehead atoms. The lowest BCUT2D eigenvalue weighted by Crippen LogP contribution is -2.43. The molecule has 1 aliphatic rings. The van der Waals surface area contributed by atoms with Crippen LogP contribution in [0.5, 0.6) is 0 Å². The van der Waals surface area contributed by atoms with Crippen molar-refractivity contribution >= 4 is 11.9 Å². The van der Waals surface area contributed by atoms with E-state index in [1.54, 1.807) is 23.3 Å². The third kappa shape index (κ3) is 2.42.